The third-order valence-corrected chi connectivity index (χ3v) is 3.21. The van der Waals surface area contributed by atoms with Gasteiger partial charge in [0.25, 0.3) is 11.8 Å². The molecule has 1 heterocycles. The molecule has 0 fully saturated rings. The van der Waals surface area contributed by atoms with Gasteiger partial charge >= 0.3 is 6.18 Å². The number of ether oxygens (including phenoxy) is 1. The smallest absolute Gasteiger partial charge is 0.435 e. The Kier molecular flexibility index (Phi) is 4.41. The fraction of sp³-hybridized carbons (Fsp3) is 0.200. The minimum absolute atomic E-state index is 0.213. The van der Waals surface area contributed by atoms with Crippen molar-refractivity contribution in [3.63, 3.8) is 0 Å². The number of halogens is 3. The highest BCUT2D eigenvalue weighted by Gasteiger charge is 2.37. The van der Waals surface area contributed by atoms with E-state index >= 15 is 0 Å². The van der Waals surface area contributed by atoms with Crippen LogP contribution in [0.25, 0.3) is 0 Å². The molecule has 9 heteroatoms. The summed E-state index contributed by atoms with van der Waals surface area (Å²) < 4.78 is 44.0. The van der Waals surface area contributed by atoms with Crippen LogP contribution < -0.4 is 10.5 Å². The predicted molar refractivity (Wildman–Crippen MR) is 76.3 cm³/mol. The second-order valence-electron chi connectivity index (χ2n) is 4.91. The minimum atomic E-state index is -4.77. The van der Waals surface area contributed by atoms with E-state index in [9.17, 15) is 18.0 Å². The van der Waals surface area contributed by atoms with E-state index in [0.717, 1.165) is 6.92 Å². The van der Waals surface area contributed by atoms with Crippen molar-refractivity contribution in [2.24, 2.45) is 5.73 Å². The Labute approximate surface area is 134 Å². The molecule has 2 rings (SSSR count). The van der Waals surface area contributed by atoms with E-state index in [1.54, 1.807) is 6.92 Å². The van der Waals surface area contributed by atoms with E-state index in [0.29, 0.717) is 11.1 Å². The SMILES string of the molecule is Cc1cc(C#N)ccc1Oc1nnc(C(F)(F)F)c(C)c1C(N)=O. The van der Waals surface area contributed by atoms with E-state index in [2.05, 4.69) is 10.2 Å². The molecule has 0 aliphatic heterocycles. The zero-order valence-electron chi connectivity index (χ0n) is 12.6. The highest BCUT2D eigenvalue weighted by molar-refractivity contribution is 5.96. The van der Waals surface area contributed by atoms with E-state index < -0.39 is 34.8 Å². The van der Waals surface area contributed by atoms with Crippen LogP contribution in [-0.2, 0) is 6.18 Å². The largest absolute Gasteiger partial charge is 0.437 e. The van der Waals surface area contributed by atoms with E-state index in [1.807, 2.05) is 6.07 Å². The minimum Gasteiger partial charge on any atom is -0.437 e. The lowest BCUT2D eigenvalue weighted by Gasteiger charge is -2.15. The maximum Gasteiger partial charge on any atom is 0.435 e. The maximum atomic E-state index is 12.9. The summed E-state index contributed by atoms with van der Waals surface area (Å²) in [6.45, 7) is 2.70. The van der Waals surface area contributed by atoms with Crippen LogP contribution in [0.2, 0.25) is 0 Å². The first kappa shape index (κ1) is 17.2. The number of aromatic nitrogens is 2. The third kappa shape index (κ3) is 3.27. The van der Waals surface area contributed by atoms with Crippen molar-refractivity contribution >= 4 is 5.91 Å². The lowest BCUT2D eigenvalue weighted by molar-refractivity contribution is -0.142. The van der Waals surface area contributed by atoms with Crippen LogP contribution >= 0.6 is 0 Å². The topological polar surface area (TPSA) is 102 Å². The van der Waals surface area contributed by atoms with Gasteiger partial charge in [0, 0.05) is 0 Å². The van der Waals surface area contributed by atoms with E-state index in [4.69, 9.17) is 15.7 Å². The molecule has 1 aromatic heterocycles. The van der Waals surface area contributed by atoms with Crippen LogP contribution in [0.1, 0.15) is 32.7 Å². The van der Waals surface area contributed by atoms with Crippen molar-refractivity contribution in [1.29, 1.82) is 5.26 Å². The molecule has 0 unspecified atom stereocenters. The average molecular weight is 336 g/mol. The van der Waals surface area contributed by atoms with Crippen LogP contribution in [0.5, 0.6) is 11.6 Å². The molecule has 0 spiro atoms. The van der Waals surface area contributed by atoms with Crippen LogP contribution in [-0.4, -0.2) is 16.1 Å². The van der Waals surface area contributed by atoms with Crippen molar-refractivity contribution < 1.29 is 22.7 Å². The summed E-state index contributed by atoms with van der Waals surface area (Å²) >= 11 is 0. The lowest BCUT2D eigenvalue weighted by Crippen LogP contribution is -2.20. The van der Waals surface area contributed by atoms with Gasteiger partial charge in [0.2, 0.25) is 0 Å². The molecule has 0 saturated heterocycles. The van der Waals surface area contributed by atoms with Gasteiger partial charge in [0.1, 0.15) is 11.3 Å². The molecule has 124 valence electrons. The lowest BCUT2D eigenvalue weighted by atomic mass is 10.1. The molecule has 0 saturated carbocycles. The van der Waals surface area contributed by atoms with Crippen molar-refractivity contribution in [1.82, 2.24) is 10.2 Å². The summed E-state index contributed by atoms with van der Waals surface area (Å²) in [5.41, 5.74) is 3.81. The maximum absolute atomic E-state index is 12.9. The standard InChI is InChI=1S/C15H11F3N4O2/c1-7-5-9(6-19)3-4-10(7)24-14-11(13(20)23)8(2)12(21-22-14)15(16,17)18/h3-5H,1-2H3,(H2,20,23). The molecule has 1 amide bonds. The Morgan fingerprint density at radius 2 is 1.96 bits per heavy atom. The molecule has 6 nitrogen and oxygen atoms in total. The number of alkyl halides is 3. The molecule has 2 aromatic rings. The molecule has 0 aliphatic rings. The van der Waals surface area contributed by atoms with Crippen LogP contribution in [0.3, 0.4) is 0 Å². The Hall–Kier alpha value is -3.15. The molecule has 24 heavy (non-hydrogen) atoms. The second kappa shape index (κ2) is 6.16. The van der Waals surface area contributed by atoms with Crippen molar-refractivity contribution in [2.75, 3.05) is 0 Å². The van der Waals surface area contributed by atoms with Gasteiger partial charge in [-0.15, -0.1) is 10.2 Å². The number of aryl methyl sites for hydroxylation is 1. The molecule has 0 bridgehead atoms. The number of primary amides is 1. The Bertz CT molecular complexity index is 857. The van der Waals surface area contributed by atoms with Gasteiger partial charge in [-0.3, -0.25) is 4.79 Å². The summed E-state index contributed by atoms with van der Waals surface area (Å²) in [7, 11) is 0. The number of hydrogen-bond acceptors (Lipinski definition) is 5. The fourth-order valence-corrected chi connectivity index (χ4v) is 2.07. The van der Waals surface area contributed by atoms with Crippen LogP contribution in [0.15, 0.2) is 18.2 Å². The summed E-state index contributed by atoms with van der Waals surface area (Å²) in [5.74, 6) is -1.33. The number of nitrogens with two attached hydrogens (primary N) is 1. The van der Waals surface area contributed by atoms with Gasteiger partial charge in [-0.2, -0.15) is 18.4 Å². The van der Waals surface area contributed by atoms with Crippen LogP contribution in [0, 0.1) is 25.2 Å². The van der Waals surface area contributed by atoms with Crippen molar-refractivity contribution in [3.05, 3.63) is 46.1 Å². The first-order valence-corrected chi connectivity index (χ1v) is 6.58. The van der Waals surface area contributed by atoms with E-state index in [1.165, 1.54) is 18.2 Å². The van der Waals surface area contributed by atoms with Gasteiger partial charge in [-0.05, 0) is 43.2 Å². The molecule has 0 radical (unpaired) electrons. The molecule has 0 aliphatic carbocycles. The molecule has 0 atom stereocenters. The monoisotopic (exact) mass is 336 g/mol. The highest BCUT2D eigenvalue weighted by atomic mass is 19.4. The Balaban J connectivity index is 2.54. The highest BCUT2D eigenvalue weighted by Crippen LogP contribution is 2.34. The first-order chi connectivity index (χ1) is 11.1. The summed E-state index contributed by atoms with van der Waals surface area (Å²) in [6, 6.07) is 6.35. The number of nitrogens with zero attached hydrogens (tertiary/aromatic N) is 3. The van der Waals surface area contributed by atoms with E-state index in [-0.39, 0.29) is 5.75 Å². The average Bonchev–Trinajstić information content (AvgIpc) is 2.47. The quantitative estimate of drug-likeness (QED) is 0.928. The fourth-order valence-electron chi connectivity index (χ4n) is 2.07. The number of hydrogen-bond donors (Lipinski definition) is 1. The number of benzene rings is 1. The Morgan fingerprint density at radius 3 is 2.46 bits per heavy atom. The first-order valence-electron chi connectivity index (χ1n) is 6.58. The molecular weight excluding hydrogens is 325 g/mol. The van der Waals surface area contributed by atoms with Gasteiger partial charge in [0.05, 0.1) is 11.6 Å². The Morgan fingerprint density at radius 1 is 1.29 bits per heavy atom. The van der Waals surface area contributed by atoms with Gasteiger partial charge in [0.15, 0.2) is 5.69 Å². The number of nitriles is 1. The van der Waals surface area contributed by atoms with Crippen LogP contribution in [0.4, 0.5) is 13.2 Å². The van der Waals surface area contributed by atoms with Crippen molar-refractivity contribution in [2.45, 2.75) is 20.0 Å². The van der Waals surface area contributed by atoms with Gasteiger partial charge in [-0.25, -0.2) is 0 Å². The number of carbonyl (C=O) groups is 1. The summed E-state index contributed by atoms with van der Waals surface area (Å²) in [6.07, 6.45) is -4.77. The second-order valence-corrected chi connectivity index (χ2v) is 4.91. The third-order valence-electron chi connectivity index (χ3n) is 3.21. The summed E-state index contributed by atoms with van der Waals surface area (Å²) in [5, 5.41) is 15.3. The zero-order valence-corrected chi connectivity index (χ0v) is 12.6. The van der Waals surface area contributed by atoms with Gasteiger partial charge < -0.3 is 10.5 Å². The number of rotatable bonds is 3. The number of carbonyl (C=O) groups excluding carboxylic acids is 1. The molecule has 1 aromatic carbocycles. The summed E-state index contributed by atoms with van der Waals surface area (Å²) in [4.78, 5) is 11.6. The normalized spacial score (nSPS) is 11.0. The van der Waals surface area contributed by atoms with Crippen molar-refractivity contribution in [3.8, 4) is 17.7 Å². The molecular formula is C15H11F3N4O2. The van der Waals surface area contributed by atoms with Gasteiger partial charge in [-0.1, -0.05) is 0 Å². The molecule has 2 N–H and O–H groups in total. The number of amides is 1. The predicted octanol–water partition coefficient (Wildman–Crippen LogP) is 2.88. The zero-order chi connectivity index (χ0) is 18.1.